The predicted molar refractivity (Wildman–Crippen MR) is 68.9 cm³/mol. The van der Waals surface area contributed by atoms with E-state index >= 15 is 0 Å². The summed E-state index contributed by atoms with van der Waals surface area (Å²) in [5.41, 5.74) is 4.62. The molecule has 1 aliphatic heterocycles. The average molecular weight is 232 g/mol. The molecule has 1 aromatic carbocycles. The van der Waals surface area contributed by atoms with Crippen LogP contribution in [-0.2, 0) is 6.42 Å². The van der Waals surface area contributed by atoms with Crippen LogP contribution < -0.4 is 5.32 Å². The zero-order chi connectivity index (χ0) is 10.8. The first-order valence-electron chi connectivity index (χ1n) is 5.95. The Morgan fingerprint density at radius 1 is 1.31 bits per heavy atom. The number of hydrogen-bond donors (Lipinski definition) is 1. The molecule has 1 N–H and O–H groups in total. The molecule has 1 saturated heterocycles. The van der Waals surface area contributed by atoms with Crippen molar-refractivity contribution in [1.82, 2.24) is 10.3 Å². The summed E-state index contributed by atoms with van der Waals surface area (Å²) in [6.45, 7) is 2.36. The van der Waals surface area contributed by atoms with Crippen LogP contribution >= 0.6 is 11.3 Å². The van der Waals surface area contributed by atoms with Gasteiger partial charge in [-0.1, -0.05) is 12.1 Å². The molecule has 0 amide bonds. The second kappa shape index (κ2) is 4.52. The van der Waals surface area contributed by atoms with Gasteiger partial charge in [0.15, 0.2) is 0 Å². The van der Waals surface area contributed by atoms with Gasteiger partial charge in [-0.25, -0.2) is 4.98 Å². The lowest BCUT2D eigenvalue weighted by Gasteiger charge is -2.22. The third-order valence-electron chi connectivity index (χ3n) is 3.41. The largest absolute Gasteiger partial charge is 0.317 e. The Balaban J connectivity index is 1.85. The van der Waals surface area contributed by atoms with Crippen LogP contribution in [0.5, 0.6) is 0 Å². The second-order valence-corrected chi connectivity index (χ2v) is 5.40. The molecular weight excluding hydrogens is 216 g/mol. The van der Waals surface area contributed by atoms with Crippen LogP contribution in [0.2, 0.25) is 0 Å². The third kappa shape index (κ3) is 1.97. The number of para-hydroxylation sites is 1. The molecule has 0 spiro atoms. The van der Waals surface area contributed by atoms with E-state index in [9.17, 15) is 0 Å². The van der Waals surface area contributed by atoms with Gasteiger partial charge in [0.05, 0.1) is 15.7 Å². The van der Waals surface area contributed by atoms with Crippen LogP contribution in [0.25, 0.3) is 10.2 Å². The van der Waals surface area contributed by atoms with Gasteiger partial charge in [0.1, 0.15) is 0 Å². The van der Waals surface area contributed by atoms with Crippen molar-refractivity contribution in [3.63, 3.8) is 0 Å². The highest BCUT2D eigenvalue weighted by Gasteiger charge is 2.15. The summed E-state index contributed by atoms with van der Waals surface area (Å²) in [4.78, 5) is 4.49. The van der Waals surface area contributed by atoms with Crippen LogP contribution in [-0.4, -0.2) is 18.1 Å². The Morgan fingerprint density at radius 3 is 3.06 bits per heavy atom. The zero-order valence-electron chi connectivity index (χ0n) is 9.28. The number of hydrogen-bond acceptors (Lipinski definition) is 3. The molecule has 2 heterocycles. The summed E-state index contributed by atoms with van der Waals surface area (Å²) < 4.78 is 1.33. The van der Waals surface area contributed by atoms with Crippen molar-refractivity contribution in [2.75, 3.05) is 13.1 Å². The monoisotopic (exact) mass is 232 g/mol. The molecule has 0 atom stereocenters. The number of nitrogens with one attached hydrogen (secondary N) is 1. The molecule has 0 aliphatic carbocycles. The van der Waals surface area contributed by atoms with Crippen LogP contribution in [0, 0.1) is 5.92 Å². The number of piperidine rings is 1. The van der Waals surface area contributed by atoms with Crippen LogP contribution in [0.1, 0.15) is 18.4 Å². The standard InChI is InChI=1S/C13H16N2S/c1-2-11(8-10-4-6-14-7-5-10)13-12(3-1)16-9-15-13/h1-3,9-10,14H,4-8H2. The SMILES string of the molecule is c1cc(CC2CCNCC2)c2ncsc2c1. The highest BCUT2D eigenvalue weighted by atomic mass is 32.1. The van der Waals surface area contributed by atoms with Gasteiger partial charge in [0.2, 0.25) is 0 Å². The van der Waals surface area contributed by atoms with Gasteiger partial charge in [-0.05, 0) is 49.9 Å². The van der Waals surface area contributed by atoms with E-state index in [1.807, 2.05) is 5.51 Å². The minimum atomic E-state index is 0.841. The van der Waals surface area contributed by atoms with E-state index in [0.717, 1.165) is 5.92 Å². The smallest absolute Gasteiger partial charge is 0.0844 e. The van der Waals surface area contributed by atoms with Crippen LogP contribution in [0.15, 0.2) is 23.7 Å². The highest BCUT2D eigenvalue weighted by Crippen LogP contribution is 2.25. The van der Waals surface area contributed by atoms with Crippen molar-refractivity contribution in [2.24, 2.45) is 5.92 Å². The van der Waals surface area contributed by atoms with Crippen LogP contribution in [0.4, 0.5) is 0 Å². The maximum absolute atomic E-state index is 4.49. The van der Waals surface area contributed by atoms with Gasteiger partial charge >= 0.3 is 0 Å². The molecule has 2 nitrogen and oxygen atoms in total. The first-order chi connectivity index (χ1) is 7.93. The maximum Gasteiger partial charge on any atom is 0.0844 e. The first kappa shape index (κ1) is 10.2. The Bertz CT molecular complexity index is 471. The number of rotatable bonds is 2. The van der Waals surface area contributed by atoms with E-state index in [-0.39, 0.29) is 0 Å². The molecule has 84 valence electrons. The number of thiazole rings is 1. The van der Waals surface area contributed by atoms with Crippen LogP contribution in [0.3, 0.4) is 0 Å². The fraction of sp³-hybridized carbons (Fsp3) is 0.462. The second-order valence-electron chi connectivity index (χ2n) is 4.51. The maximum atomic E-state index is 4.49. The van der Waals surface area contributed by atoms with E-state index in [0.29, 0.717) is 0 Å². The van der Waals surface area contributed by atoms with Crippen molar-refractivity contribution < 1.29 is 0 Å². The molecule has 1 aromatic heterocycles. The normalized spacial score (nSPS) is 18.0. The minimum absolute atomic E-state index is 0.841. The van der Waals surface area contributed by atoms with Crippen molar-refractivity contribution in [3.8, 4) is 0 Å². The number of benzene rings is 1. The van der Waals surface area contributed by atoms with E-state index in [1.54, 1.807) is 11.3 Å². The van der Waals surface area contributed by atoms with E-state index in [1.165, 1.54) is 48.1 Å². The summed E-state index contributed by atoms with van der Waals surface area (Å²) >= 11 is 1.74. The number of aromatic nitrogens is 1. The number of nitrogens with zero attached hydrogens (tertiary/aromatic N) is 1. The molecule has 0 saturated carbocycles. The molecule has 2 aromatic rings. The minimum Gasteiger partial charge on any atom is -0.317 e. The lowest BCUT2D eigenvalue weighted by Crippen LogP contribution is -2.28. The molecular formula is C13H16N2S. The van der Waals surface area contributed by atoms with Crippen molar-refractivity contribution >= 4 is 21.6 Å². The fourth-order valence-electron chi connectivity index (χ4n) is 2.51. The molecule has 0 radical (unpaired) electrons. The first-order valence-corrected chi connectivity index (χ1v) is 6.83. The Kier molecular flexibility index (Phi) is 2.89. The van der Waals surface area contributed by atoms with Gasteiger partial charge in [0.25, 0.3) is 0 Å². The molecule has 0 unspecified atom stereocenters. The Labute approximate surface area is 99.7 Å². The molecule has 1 fully saturated rings. The molecule has 16 heavy (non-hydrogen) atoms. The van der Waals surface area contributed by atoms with Gasteiger partial charge in [0, 0.05) is 0 Å². The van der Waals surface area contributed by atoms with Crippen molar-refractivity contribution in [1.29, 1.82) is 0 Å². The zero-order valence-corrected chi connectivity index (χ0v) is 10.1. The fourth-order valence-corrected chi connectivity index (χ4v) is 3.23. The van der Waals surface area contributed by atoms with Crippen molar-refractivity contribution in [2.45, 2.75) is 19.3 Å². The average Bonchev–Trinajstić information content (AvgIpc) is 2.80. The lowest BCUT2D eigenvalue weighted by atomic mass is 9.91. The van der Waals surface area contributed by atoms with E-state index in [2.05, 4.69) is 28.5 Å². The van der Waals surface area contributed by atoms with Gasteiger partial charge in [-0.3, -0.25) is 0 Å². The summed E-state index contributed by atoms with van der Waals surface area (Å²) in [7, 11) is 0. The Hall–Kier alpha value is -0.930. The summed E-state index contributed by atoms with van der Waals surface area (Å²) in [6.07, 6.45) is 3.81. The number of fused-ring (bicyclic) bond motifs is 1. The van der Waals surface area contributed by atoms with Gasteiger partial charge in [-0.2, -0.15) is 0 Å². The van der Waals surface area contributed by atoms with E-state index < -0.39 is 0 Å². The van der Waals surface area contributed by atoms with Gasteiger partial charge in [-0.15, -0.1) is 11.3 Å². The van der Waals surface area contributed by atoms with Crippen molar-refractivity contribution in [3.05, 3.63) is 29.3 Å². The van der Waals surface area contributed by atoms with Gasteiger partial charge < -0.3 is 5.32 Å². The molecule has 3 rings (SSSR count). The summed E-state index contributed by atoms with van der Waals surface area (Å²) in [5, 5.41) is 3.42. The summed E-state index contributed by atoms with van der Waals surface area (Å²) in [6, 6.07) is 6.57. The topological polar surface area (TPSA) is 24.9 Å². The molecule has 3 heteroatoms. The quantitative estimate of drug-likeness (QED) is 0.861. The third-order valence-corrected chi connectivity index (χ3v) is 4.21. The highest BCUT2D eigenvalue weighted by molar-refractivity contribution is 7.16. The predicted octanol–water partition coefficient (Wildman–Crippen LogP) is 2.84. The molecule has 0 bridgehead atoms. The lowest BCUT2D eigenvalue weighted by molar-refractivity contribution is 0.373. The summed E-state index contributed by atoms with van der Waals surface area (Å²) in [5.74, 6) is 0.841. The van der Waals surface area contributed by atoms with E-state index in [4.69, 9.17) is 0 Å². The molecule has 1 aliphatic rings. The Morgan fingerprint density at radius 2 is 2.19 bits per heavy atom.